The van der Waals surface area contributed by atoms with Crippen LogP contribution in [0.4, 0.5) is 0 Å². The second kappa shape index (κ2) is 4.47. The smallest absolute Gasteiger partial charge is 0.124 e. The molecular formula is C15H23NO2. The summed E-state index contributed by atoms with van der Waals surface area (Å²) in [5.41, 5.74) is 8.24. The number of fused-ring (bicyclic) bond motifs is 1. The lowest BCUT2D eigenvalue weighted by Gasteiger charge is -2.22. The standard InChI is InChI=1S/C15H23NO2/c1-9(16)6-11-7-14-12(8-13(11)17-5)15(3,4)10(2)18-14/h7-10H,6,16H2,1-5H3. The third-order valence-electron chi connectivity index (χ3n) is 3.94. The molecule has 2 N–H and O–H groups in total. The molecule has 1 aromatic carbocycles. The van der Waals surface area contributed by atoms with Crippen molar-refractivity contribution in [3.63, 3.8) is 0 Å². The summed E-state index contributed by atoms with van der Waals surface area (Å²) in [5, 5.41) is 0. The second-order valence-corrected chi connectivity index (χ2v) is 5.82. The summed E-state index contributed by atoms with van der Waals surface area (Å²) in [5.74, 6) is 1.89. The van der Waals surface area contributed by atoms with Gasteiger partial charge in [0.1, 0.15) is 17.6 Å². The predicted octanol–water partition coefficient (Wildman–Crippen LogP) is 2.64. The van der Waals surface area contributed by atoms with E-state index in [2.05, 4.69) is 32.9 Å². The minimum atomic E-state index is 0.0233. The molecule has 0 fully saturated rings. The second-order valence-electron chi connectivity index (χ2n) is 5.82. The Morgan fingerprint density at radius 1 is 1.44 bits per heavy atom. The van der Waals surface area contributed by atoms with Crippen molar-refractivity contribution in [2.75, 3.05) is 7.11 Å². The highest BCUT2D eigenvalue weighted by Gasteiger charge is 2.39. The van der Waals surface area contributed by atoms with Crippen molar-refractivity contribution in [2.24, 2.45) is 5.73 Å². The van der Waals surface area contributed by atoms with Gasteiger partial charge in [-0.2, -0.15) is 0 Å². The molecule has 2 atom stereocenters. The SMILES string of the molecule is COc1cc2c(cc1CC(C)N)OC(C)C2(C)C. The molecule has 0 aromatic heterocycles. The monoisotopic (exact) mass is 249 g/mol. The molecule has 1 aromatic rings. The van der Waals surface area contributed by atoms with Crippen LogP contribution < -0.4 is 15.2 Å². The quantitative estimate of drug-likeness (QED) is 0.895. The number of hydrogen-bond donors (Lipinski definition) is 1. The zero-order valence-electron chi connectivity index (χ0n) is 11.9. The van der Waals surface area contributed by atoms with E-state index in [-0.39, 0.29) is 17.6 Å². The van der Waals surface area contributed by atoms with E-state index in [0.29, 0.717) is 0 Å². The topological polar surface area (TPSA) is 44.5 Å². The Morgan fingerprint density at radius 3 is 2.67 bits per heavy atom. The molecule has 2 unspecified atom stereocenters. The average Bonchev–Trinajstić information content (AvgIpc) is 2.48. The normalized spacial score (nSPS) is 22.2. The molecule has 18 heavy (non-hydrogen) atoms. The van der Waals surface area contributed by atoms with Crippen molar-refractivity contribution in [3.05, 3.63) is 23.3 Å². The molecule has 2 rings (SSSR count). The minimum absolute atomic E-state index is 0.0233. The summed E-state index contributed by atoms with van der Waals surface area (Å²) >= 11 is 0. The Labute approximate surface area is 109 Å². The highest BCUT2D eigenvalue weighted by Crippen LogP contribution is 2.45. The van der Waals surface area contributed by atoms with Gasteiger partial charge in [-0.15, -0.1) is 0 Å². The molecule has 0 saturated carbocycles. The fourth-order valence-electron chi connectivity index (χ4n) is 2.46. The van der Waals surface area contributed by atoms with Gasteiger partial charge in [0, 0.05) is 17.0 Å². The van der Waals surface area contributed by atoms with E-state index in [0.717, 1.165) is 23.5 Å². The van der Waals surface area contributed by atoms with Crippen molar-refractivity contribution in [1.29, 1.82) is 0 Å². The third-order valence-corrected chi connectivity index (χ3v) is 3.94. The zero-order valence-corrected chi connectivity index (χ0v) is 11.9. The van der Waals surface area contributed by atoms with E-state index in [4.69, 9.17) is 15.2 Å². The van der Waals surface area contributed by atoms with Gasteiger partial charge in [0.05, 0.1) is 7.11 Å². The molecule has 0 spiro atoms. The van der Waals surface area contributed by atoms with Crippen LogP contribution in [-0.4, -0.2) is 19.3 Å². The fourth-order valence-corrected chi connectivity index (χ4v) is 2.46. The minimum Gasteiger partial charge on any atom is -0.496 e. The van der Waals surface area contributed by atoms with E-state index in [9.17, 15) is 0 Å². The molecule has 1 heterocycles. The van der Waals surface area contributed by atoms with Gasteiger partial charge in [-0.3, -0.25) is 0 Å². The van der Waals surface area contributed by atoms with Crippen LogP contribution in [0.5, 0.6) is 11.5 Å². The first-order valence-corrected chi connectivity index (χ1v) is 6.50. The first-order chi connectivity index (χ1) is 8.36. The number of hydrogen-bond acceptors (Lipinski definition) is 3. The van der Waals surface area contributed by atoms with E-state index in [1.807, 2.05) is 6.92 Å². The molecule has 0 amide bonds. The lowest BCUT2D eigenvalue weighted by atomic mass is 9.81. The van der Waals surface area contributed by atoms with Crippen LogP contribution in [0, 0.1) is 0 Å². The Hall–Kier alpha value is -1.22. The van der Waals surface area contributed by atoms with Crippen LogP contribution in [0.1, 0.15) is 38.8 Å². The zero-order chi connectivity index (χ0) is 13.5. The van der Waals surface area contributed by atoms with Gasteiger partial charge in [-0.1, -0.05) is 13.8 Å². The maximum atomic E-state index is 5.95. The number of methoxy groups -OCH3 is 1. The van der Waals surface area contributed by atoms with E-state index in [1.165, 1.54) is 5.56 Å². The van der Waals surface area contributed by atoms with Crippen molar-refractivity contribution < 1.29 is 9.47 Å². The van der Waals surface area contributed by atoms with E-state index in [1.54, 1.807) is 7.11 Å². The van der Waals surface area contributed by atoms with Crippen LogP contribution in [0.15, 0.2) is 12.1 Å². The van der Waals surface area contributed by atoms with Gasteiger partial charge in [-0.25, -0.2) is 0 Å². The third kappa shape index (κ3) is 2.07. The Morgan fingerprint density at radius 2 is 2.11 bits per heavy atom. The number of ether oxygens (including phenoxy) is 2. The lowest BCUT2D eigenvalue weighted by molar-refractivity contribution is 0.185. The van der Waals surface area contributed by atoms with Crippen LogP contribution >= 0.6 is 0 Å². The van der Waals surface area contributed by atoms with Crippen molar-refractivity contribution in [3.8, 4) is 11.5 Å². The molecule has 0 aliphatic carbocycles. The molecule has 1 aliphatic rings. The summed E-state index contributed by atoms with van der Waals surface area (Å²) in [6.07, 6.45) is 0.983. The maximum absolute atomic E-state index is 5.95. The van der Waals surface area contributed by atoms with Gasteiger partial charge in [0.2, 0.25) is 0 Å². The summed E-state index contributed by atoms with van der Waals surface area (Å²) in [4.78, 5) is 0. The van der Waals surface area contributed by atoms with Crippen LogP contribution in [-0.2, 0) is 11.8 Å². The summed E-state index contributed by atoms with van der Waals surface area (Å²) in [6, 6.07) is 4.31. The number of rotatable bonds is 3. The van der Waals surface area contributed by atoms with Crippen molar-refractivity contribution in [1.82, 2.24) is 0 Å². The highest BCUT2D eigenvalue weighted by atomic mass is 16.5. The predicted molar refractivity (Wildman–Crippen MR) is 73.5 cm³/mol. The Bertz CT molecular complexity index is 452. The first kappa shape index (κ1) is 13.2. The molecule has 0 radical (unpaired) electrons. The van der Waals surface area contributed by atoms with Crippen molar-refractivity contribution in [2.45, 2.75) is 51.7 Å². The van der Waals surface area contributed by atoms with Gasteiger partial charge in [0.25, 0.3) is 0 Å². The van der Waals surface area contributed by atoms with Crippen LogP contribution in [0.25, 0.3) is 0 Å². The molecule has 3 nitrogen and oxygen atoms in total. The van der Waals surface area contributed by atoms with Gasteiger partial charge < -0.3 is 15.2 Å². The maximum Gasteiger partial charge on any atom is 0.124 e. The Kier molecular flexibility index (Phi) is 3.28. The average molecular weight is 249 g/mol. The van der Waals surface area contributed by atoms with E-state index >= 15 is 0 Å². The van der Waals surface area contributed by atoms with Gasteiger partial charge in [0.15, 0.2) is 0 Å². The van der Waals surface area contributed by atoms with E-state index < -0.39 is 0 Å². The molecule has 0 saturated heterocycles. The molecule has 3 heteroatoms. The first-order valence-electron chi connectivity index (χ1n) is 6.50. The number of nitrogens with two attached hydrogens (primary N) is 1. The molecule has 100 valence electrons. The number of benzene rings is 1. The largest absolute Gasteiger partial charge is 0.496 e. The Balaban J connectivity index is 2.48. The van der Waals surface area contributed by atoms with Gasteiger partial charge >= 0.3 is 0 Å². The summed E-state index contributed by atoms with van der Waals surface area (Å²) in [7, 11) is 1.71. The molecule has 1 aliphatic heterocycles. The van der Waals surface area contributed by atoms with Crippen molar-refractivity contribution >= 4 is 0 Å². The molecule has 0 bridgehead atoms. The van der Waals surface area contributed by atoms with Gasteiger partial charge in [-0.05, 0) is 38.0 Å². The summed E-state index contributed by atoms with van der Waals surface area (Å²) < 4.78 is 11.4. The summed E-state index contributed by atoms with van der Waals surface area (Å²) in [6.45, 7) is 8.51. The fraction of sp³-hybridized carbons (Fsp3) is 0.600. The lowest BCUT2D eigenvalue weighted by Crippen LogP contribution is -2.28. The van der Waals surface area contributed by atoms with Crippen LogP contribution in [0.2, 0.25) is 0 Å². The highest BCUT2D eigenvalue weighted by molar-refractivity contribution is 5.52. The van der Waals surface area contributed by atoms with Crippen LogP contribution in [0.3, 0.4) is 0 Å². The molecular weight excluding hydrogens is 226 g/mol.